The summed E-state index contributed by atoms with van der Waals surface area (Å²) in [6, 6.07) is 3.67. The zero-order valence-electron chi connectivity index (χ0n) is 9.95. The van der Waals surface area contributed by atoms with Gasteiger partial charge in [0.2, 0.25) is 0 Å². The van der Waals surface area contributed by atoms with E-state index in [0.29, 0.717) is 11.6 Å². The highest BCUT2D eigenvalue weighted by atomic mass is 35.5. The summed E-state index contributed by atoms with van der Waals surface area (Å²) in [6.45, 7) is 0. The van der Waals surface area contributed by atoms with Gasteiger partial charge in [-0.1, -0.05) is 11.6 Å². The van der Waals surface area contributed by atoms with E-state index < -0.39 is 0 Å². The SMILES string of the molecule is NNC(Cc1cn2ccsc2n1)c1ccnc(Cl)c1. The molecule has 0 saturated heterocycles. The number of pyridine rings is 1. The van der Waals surface area contributed by atoms with Crippen LogP contribution in [0.5, 0.6) is 0 Å². The van der Waals surface area contributed by atoms with E-state index in [-0.39, 0.29) is 6.04 Å². The molecular formula is C12H12ClN5S. The van der Waals surface area contributed by atoms with Crippen LogP contribution in [-0.2, 0) is 6.42 Å². The fraction of sp³-hybridized carbons (Fsp3) is 0.167. The zero-order chi connectivity index (χ0) is 13.2. The Bertz CT molecular complexity index is 664. The van der Waals surface area contributed by atoms with Gasteiger partial charge in [-0.05, 0) is 17.7 Å². The van der Waals surface area contributed by atoms with Crippen molar-refractivity contribution in [1.82, 2.24) is 19.8 Å². The highest BCUT2D eigenvalue weighted by molar-refractivity contribution is 7.15. The van der Waals surface area contributed by atoms with Crippen LogP contribution in [0.3, 0.4) is 0 Å². The van der Waals surface area contributed by atoms with Gasteiger partial charge in [-0.25, -0.2) is 9.97 Å². The summed E-state index contributed by atoms with van der Waals surface area (Å²) >= 11 is 7.51. The van der Waals surface area contributed by atoms with Gasteiger partial charge in [-0.3, -0.25) is 15.7 Å². The molecule has 1 unspecified atom stereocenters. The second kappa shape index (κ2) is 5.26. The Hall–Kier alpha value is -1.47. The van der Waals surface area contributed by atoms with Gasteiger partial charge in [0.25, 0.3) is 0 Å². The quantitative estimate of drug-likeness (QED) is 0.439. The Labute approximate surface area is 119 Å². The predicted molar refractivity (Wildman–Crippen MR) is 76.1 cm³/mol. The molecule has 0 radical (unpaired) electrons. The van der Waals surface area contributed by atoms with Gasteiger partial charge in [0, 0.05) is 30.4 Å². The van der Waals surface area contributed by atoms with Crippen molar-refractivity contribution in [3.63, 3.8) is 0 Å². The predicted octanol–water partition coefficient (Wildman–Crippen LogP) is 2.19. The smallest absolute Gasteiger partial charge is 0.193 e. The molecule has 0 aliphatic carbocycles. The lowest BCUT2D eigenvalue weighted by Crippen LogP contribution is -2.29. The number of nitrogens with one attached hydrogen (secondary N) is 1. The Balaban J connectivity index is 1.85. The second-order valence-electron chi connectivity index (χ2n) is 4.16. The van der Waals surface area contributed by atoms with Crippen molar-refractivity contribution in [3.05, 3.63) is 52.5 Å². The van der Waals surface area contributed by atoms with Crippen LogP contribution in [0.25, 0.3) is 4.96 Å². The number of nitrogens with zero attached hydrogens (tertiary/aromatic N) is 3. The number of thiazole rings is 1. The summed E-state index contributed by atoms with van der Waals surface area (Å²) in [4.78, 5) is 9.50. The summed E-state index contributed by atoms with van der Waals surface area (Å²) in [6.07, 6.45) is 6.38. The Morgan fingerprint density at radius 1 is 1.53 bits per heavy atom. The largest absolute Gasteiger partial charge is 0.297 e. The highest BCUT2D eigenvalue weighted by Crippen LogP contribution is 2.20. The fourth-order valence-electron chi connectivity index (χ4n) is 1.99. The number of imidazole rings is 1. The summed E-state index contributed by atoms with van der Waals surface area (Å²) in [5.41, 5.74) is 4.79. The van der Waals surface area contributed by atoms with Crippen molar-refractivity contribution in [2.24, 2.45) is 5.84 Å². The molecule has 5 nitrogen and oxygen atoms in total. The summed E-state index contributed by atoms with van der Waals surface area (Å²) in [7, 11) is 0. The topological polar surface area (TPSA) is 68.2 Å². The molecule has 0 spiro atoms. The van der Waals surface area contributed by atoms with Crippen LogP contribution < -0.4 is 11.3 Å². The number of halogens is 1. The van der Waals surface area contributed by atoms with Crippen LogP contribution in [0, 0.1) is 0 Å². The molecular weight excluding hydrogens is 282 g/mol. The maximum atomic E-state index is 5.90. The maximum Gasteiger partial charge on any atom is 0.193 e. The Kier molecular flexibility index (Phi) is 3.48. The number of hydrogen-bond acceptors (Lipinski definition) is 5. The fourth-order valence-corrected chi connectivity index (χ4v) is 2.89. The standard InChI is InChI=1S/C12H12ClN5S/c13-11-5-8(1-2-15-11)10(17-14)6-9-7-18-3-4-19-12(18)16-9/h1-5,7,10,17H,6,14H2. The number of aromatic nitrogens is 3. The molecule has 98 valence electrons. The Morgan fingerprint density at radius 3 is 3.16 bits per heavy atom. The van der Waals surface area contributed by atoms with Crippen LogP contribution in [0.1, 0.15) is 17.3 Å². The molecule has 3 aromatic heterocycles. The van der Waals surface area contributed by atoms with Crippen molar-refractivity contribution >= 4 is 27.9 Å². The van der Waals surface area contributed by atoms with Crippen LogP contribution in [-0.4, -0.2) is 14.4 Å². The summed E-state index contributed by atoms with van der Waals surface area (Å²) < 4.78 is 2.01. The van der Waals surface area contributed by atoms with Crippen molar-refractivity contribution in [2.75, 3.05) is 0 Å². The first-order valence-electron chi connectivity index (χ1n) is 5.75. The molecule has 3 heterocycles. The molecule has 0 fully saturated rings. The molecule has 0 aliphatic heterocycles. The summed E-state index contributed by atoms with van der Waals surface area (Å²) in [5.74, 6) is 5.63. The molecule has 0 amide bonds. The highest BCUT2D eigenvalue weighted by Gasteiger charge is 2.13. The van der Waals surface area contributed by atoms with E-state index in [4.69, 9.17) is 17.4 Å². The van der Waals surface area contributed by atoms with E-state index >= 15 is 0 Å². The molecule has 0 saturated carbocycles. The van der Waals surface area contributed by atoms with E-state index in [1.54, 1.807) is 17.5 Å². The average Bonchev–Trinajstić information content (AvgIpc) is 2.96. The molecule has 0 bridgehead atoms. The van der Waals surface area contributed by atoms with Gasteiger partial charge in [-0.15, -0.1) is 11.3 Å². The van der Waals surface area contributed by atoms with Crippen LogP contribution >= 0.6 is 22.9 Å². The first-order valence-corrected chi connectivity index (χ1v) is 7.00. The molecule has 7 heteroatoms. The maximum absolute atomic E-state index is 5.90. The van der Waals surface area contributed by atoms with Gasteiger partial charge in [0.05, 0.1) is 11.7 Å². The van der Waals surface area contributed by atoms with Crippen LogP contribution in [0.2, 0.25) is 5.15 Å². The molecule has 1 atom stereocenters. The van der Waals surface area contributed by atoms with Gasteiger partial charge in [-0.2, -0.15) is 0 Å². The van der Waals surface area contributed by atoms with Crippen molar-refractivity contribution in [3.8, 4) is 0 Å². The number of rotatable bonds is 4. The molecule has 0 aliphatic rings. The molecule has 19 heavy (non-hydrogen) atoms. The van der Waals surface area contributed by atoms with Crippen LogP contribution in [0.4, 0.5) is 0 Å². The van der Waals surface area contributed by atoms with E-state index in [0.717, 1.165) is 16.2 Å². The summed E-state index contributed by atoms with van der Waals surface area (Å²) in [5, 5.41) is 2.47. The Morgan fingerprint density at radius 2 is 2.42 bits per heavy atom. The second-order valence-corrected chi connectivity index (χ2v) is 5.42. The van der Waals surface area contributed by atoms with Gasteiger partial charge >= 0.3 is 0 Å². The lowest BCUT2D eigenvalue weighted by molar-refractivity contribution is 0.546. The van der Waals surface area contributed by atoms with E-state index in [2.05, 4.69) is 15.4 Å². The van der Waals surface area contributed by atoms with Gasteiger partial charge in [0.15, 0.2) is 4.96 Å². The van der Waals surface area contributed by atoms with Crippen molar-refractivity contribution in [2.45, 2.75) is 12.5 Å². The van der Waals surface area contributed by atoms with E-state index in [9.17, 15) is 0 Å². The molecule has 3 rings (SSSR count). The third kappa shape index (κ3) is 2.62. The number of hydrazine groups is 1. The van der Waals surface area contributed by atoms with E-state index in [1.807, 2.05) is 34.3 Å². The first-order chi connectivity index (χ1) is 9.26. The zero-order valence-corrected chi connectivity index (χ0v) is 11.5. The average molecular weight is 294 g/mol. The van der Waals surface area contributed by atoms with Crippen LogP contribution in [0.15, 0.2) is 36.1 Å². The van der Waals surface area contributed by atoms with Gasteiger partial charge < -0.3 is 0 Å². The number of nitrogens with two attached hydrogens (primary N) is 1. The molecule has 3 N–H and O–H groups in total. The minimum Gasteiger partial charge on any atom is -0.297 e. The monoisotopic (exact) mass is 293 g/mol. The first kappa shape index (κ1) is 12.6. The minimum atomic E-state index is -0.0369. The number of hydrogen-bond donors (Lipinski definition) is 2. The molecule has 3 aromatic rings. The number of fused-ring (bicyclic) bond motifs is 1. The lowest BCUT2D eigenvalue weighted by atomic mass is 10.0. The normalized spacial score (nSPS) is 12.9. The van der Waals surface area contributed by atoms with Gasteiger partial charge in [0.1, 0.15) is 5.15 Å². The van der Waals surface area contributed by atoms with Crippen molar-refractivity contribution < 1.29 is 0 Å². The third-order valence-electron chi connectivity index (χ3n) is 2.91. The minimum absolute atomic E-state index is 0.0369. The third-order valence-corrected chi connectivity index (χ3v) is 3.89. The lowest BCUT2D eigenvalue weighted by Gasteiger charge is -2.14. The van der Waals surface area contributed by atoms with Crippen molar-refractivity contribution in [1.29, 1.82) is 0 Å². The molecule has 0 aromatic carbocycles. The van der Waals surface area contributed by atoms with E-state index in [1.165, 1.54) is 0 Å².